The van der Waals surface area contributed by atoms with Gasteiger partial charge in [0, 0.05) is 36.9 Å². The summed E-state index contributed by atoms with van der Waals surface area (Å²) < 4.78 is 0. The van der Waals surface area contributed by atoms with E-state index in [1.165, 1.54) is 16.2 Å². The van der Waals surface area contributed by atoms with Gasteiger partial charge in [0.2, 0.25) is 0 Å². The molecule has 0 spiro atoms. The SMILES string of the molecule is Cc1ccccc1N1CCN(CN2C(=O)SC(=Cc3ccccc3Cl)C2=O)CC1. The van der Waals surface area contributed by atoms with Crippen molar-refractivity contribution in [2.45, 2.75) is 6.92 Å². The van der Waals surface area contributed by atoms with Crippen molar-refractivity contribution < 1.29 is 9.59 Å². The zero-order valence-corrected chi connectivity index (χ0v) is 17.7. The number of para-hydroxylation sites is 1. The number of hydrogen-bond donors (Lipinski definition) is 0. The van der Waals surface area contributed by atoms with Gasteiger partial charge in [0.05, 0.1) is 11.6 Å². The fourth-order valence-corrected chi connectivity index (χ4v) is 4.62. The van der Waals surface area contributed by atoms with Crippen LogP contribution in [0, 0.1) is 6.92 Å². The lowest BCUT2D eigenvalue weighted by atomic mass is 10.1. The second kappa shape index (κ2) is 8.61. The van der Waals surface area contributed by atoms with Gasteiger partial charge in [0.25, 0.3) is 11.1 Å². The molecule has 0 aromatic heterocycles. The average Bonchev–Trinajstić information content (AvgIpc) is 2.98. The van der Waals surface area contributed by atoms with E-state index in [2.05, 4.69) is 34.9 Å². The average molecular weight is 428 g/mol. The van der Waals surface area contributed by atoms with Gasteiger partial charge in [-0.3, -0.25) is 19.4 Å². The number of nitrogens with zero attached hydrogens (tertiary/aromatic N) is 3. The van der Waals surface area contributed by atoms with Crippen molar-refractivity contribution in [3.05, 3.63) is 69.6 Å². The number of imide groups is 1. The van der Waals surface area contributed by atoms with Gasteiger partial charge >= 0.3 is 0 Å². The second-order valence-corrected chi connectivity index (χ2v) is 8.56. The van der Waals surface area contributed by atoms with Gasteiger partial charge < -0.3 is 4.90 Å². The monoisotopic (exact) mass is 427 g/mol. The van der Waals surface area contributed by atoms with Crippen LogP contribution in [0.5, 0.6) is 0 Å². The third-order valence-electron chi connectivity index (χ3n) is 5.24. The van der Waals surface area contributed by atoms with Crippen molar-refractivity contribution in [1.29, 1.82) is 0 Å². The first kappa shape index (κ1) is 20.0. The lowest BCUT2D eigenvalue weighted by molar-refractivity contribution is -0.124. The van der Waals surface area contributed by atoms with Crippen molar-refractivity contribution in [3.8, 4) is 0 Å². The van der Waals surface area contributed by atoms with Crippen LogP contribution in [0.25, 0.3) is 6.08 Å². The third kappa shape index (κ3) is 4.34. The minimum Gasteiger partial charge on any atom is -0.369 e. The Balaban J connectivity index is 1.39. The van der Waals surface area contributed by atoms with E-state index in [1.807, 2.05) is 24.3 Å². The molecule has 0 bridgehead atoms. The number of hydrogen-bond acceptors (Lipinski definition) is 5. The Bertz CT molecular complexity index is 970. The van der Waals surface area contributed by atoms with Gasteiger partial charge in [-0.15, -0.1) is 0 Å². The number of benzene rings is 2. The predicted octanol–water partition coefficient (Wildman–Crippen LogP) is 4.46. The second-order valence-electron chi connectivity index (χ2n) is 7.16. The first-order chi connectivity index (χ1) is 14.0. The summed E-state index contributed by atoms with van der Waals surface area (Å²) in [6.07, 6.45) is 1.70. The van der Waals surface area contributed by atoms with Crippen LogP contribution in [0.1, 0.15) is 11.1 Å². The maximum atomic E-state index is 12.8. The number of amides is 2. The lowest BCUT2D eigenvalue weighted by Crippen LogP contribution is -2.51. The molecule has 2 saturated heterocycles. The largest absolute Gasteiger partial charge is 0.369 e. The molecule has 0 aliphatic carbocycles. The van der Waals surface area contributed by atoms with Crippen LogP contribution in [0.3, 0.4) is 0 Å². The first-order valence-electron chi connectivity index (χ1n) is 9.56. The summed E-state index contributed by atoms with van der Waals surface area (Å²) >= 11 is 7.15. The van der Waals surface area contributed by atoms with E-state index in [-0.39, 0.29) is 11.1 Å². The highest BCUT2D eigenvalue weighted by Gasteiger charge is 2.36. The van der Waals surface area contributed by atoms with Gasteiger partial charge in [-0.25, -0.2) is 0 Å². The summed E-state index contributed by atoms with van der Waals surface area (Å²) in [6, 6.07) is 15.7. The molecule has 2 aromatic carbocycles. The molecule has 2 fully saturated rings. The molecule has 0 radical (unpaired) electrons. The Morgan fingerprint density at radius 2 is 1.69 bits per heavy atom. The highest BCUT2D eigenvalue weighted by Crippen LogP contribution is 2.33. The van der Waals surface area contributed by atoms with Crippen molar-refractivity contribution in [2.75, 3.05) is 37.7 Å². The van der Waals surface area contributed by atoms with Crippen LogP contribution in [-0.2, 0) is 4.79 Å². The summed E-state index contributed by atoms with van der Waals surface area (Å²) in [5.74, 6) is -0.249. The van der Waals surface area contributed by atoms with E-state index in [9.17, 15) is 9.59 Å². The highest BCUT2D eigenvalue weighted by molar-refractivity contribution is 8.18. The molecular weight excluding hydrogens is 406 g/mol. The molecule has 2 amide bonds. The van der Waals surface area contributed by atoms with Gasteiger partial charge in [-0.1, -0.05) is 48.0 Å². The topological polar surface area (TPSA) is 43.9 Å². The molecular formula is C22H22ClN3O2S. The van der Waals surface area contributed by atoms with E-state index in [0.717, 1.165) is 43.5 Å². The van der Waals surface area contributed by atoms with Crippen LogP contribution in [0.2, 0.25) is 5.02 Å². The molecule has 150 valence electrons. The highest BCUT2D eigenvalue weighted by atomic mass is 35.5. The van der Waals surface area contributed by atoms with Crippen LogP contribution in [-0.4, -0.2) is 53.8 Å². The molecule has 0 atom stereocenters. The predicted molar refractivity (Wildman–Crippen MR) is 119 cm³/mol. The molecule has 29 heavy (non-hydrogen) atoms. The number of aryl methyl sites for hydroxylation is 1. The summed E-state index contributed by atoms with van der Waals surface area (Å²) in [4.78, 5) is 31.5. The molecule has 2 aliphatic rings. The number of carbonyl (C=O) groups excluding carboxylic acids is 2. The van der Waals surface area contributed by atoms with Crippen molar-refractivity contribution >= 4 is 46.3 Å². The third-order valence-corrected chi connectivity index (χ3v) is 6.49. The molecule has 4 rings (SSSR count). The smallest absolute Gasteiger partial charge is 0.294 e. The molecule has 2 heterocycles. The molecule has 0 saturated carbocycles. The van der Waals surface area contributed by atoms with Crippen LogP contribution in [0.15, 0.2) is 53.4 Å². The standard InChI is InChI=1S/C22H22ClN3O2S/c1-16-6-2-5-9-19(16)25-12-10-24(11-13-25)15-26-21(27)20(29-22(26)28)14-17-7-3-4-8-18(17)23/h2-9,14H,10-13,15H2,1H3. The molecule has 2 aliphatic heterocycles. The molecule has 2 aromatic rings. The summed E-state index contributed by atoms with van der Waals surface area (Å²) in [5.41, 5.74) is 3.25. The van der Waals surface area contributed by atoms with Crippen LogP contribution < -0.4 is 4.90 Å². The van der Waals surface area contributed by atoms with E-state index >= 15 is 0 Å². The number of piperazine rings is 1. The Morgan fingerprint density at radius 1 is 1.00 bits per heavy atom. The Hall–Kier alpha value is -2.28. The zero-order valence-electron chi connectivity index (χ0n) is 16.2. The van der Waals surface area contributed by atoms with Gasteiger partial charge in [-0.05, 0) is 48.0 Å². The number of rotatable bonds is 4. The normalized spacial score (nSPS) is 19.4. The first-order valence-corrected chi connectivity index (χ1v) is 10.8. The fraction of sp³-hybridized carbons (Fsp3) is 0.273. The van der Waals surface area contributed by atoms with Crippen molar-refractivity contribution in [2.24, 2.45) is 0 Å². The zero-order chi connectivity index (χ0) is 20.4. The molecule has 7 heteroatoms. The number of anilines is 1. The number of thioether (sulfide) groups is 1. The van der Waals surface area contributed by atoms with Gasteiger partial charge in [0.1, 0.15) is 0 Å². The van der Waals surface area contributed by atoms with Gasteiger partial charge in [-0.2, -0.15) is 0 Å². The van der Waals surface area contributed by atoms with E-state index in [4.69, 9.17) is 11.6 Å². The summed E-state index contributed by atoms with van der Waals surface area (Å²) in [5, 5.41) is 0.335. The molecule has 5 nitrogen and oxygen atoms in total. The summed E-state index contributed by atoms with van der Waals surface area (Å²) in [6.45, 7) is 5.80. The minimum atomic E-state index is -0.249. The quantitative estimate of drug-likeness (QED) is 0.674. The number of halogens is 1. The Kier molecular flexibility index (Phi) is 5.94. The van der Waals surface area contributed by atoms with E-state index in [1.54, 1.807) is 12.1 Å². The van der Waals surface area contributed by atoms with Crippen molar-refractivity contribution in [1.82, 2.24) is 9.80 Å². The molecule has 0 unspecified atom stereocenters. The van der Waals surface area contributed by atoms with E-state index in [0.29, 0.717) is 16.6 Å². The maximum absolute atomic E-state index is 12.8. The van der Waals surface area contributed by atoms with Gasteiger partial charge in [0.15, 0.2) is 0 Å². The molecule has 0 N–H and O–H groups in total. The Labute approximate surface area is 179 Å². The van der Waals surface area contributed by atoms with E-state index < -0.39 is 0 Å². The minimum absolute atomic E-state index is 0.227. The summed E-state index contributed by atoms with van der Waals surface area (Å²) in [7, 11) is 0. The van der Waals surface area contributed by atoms with Crippen molar-refractivity contribution in [3.63, 3.8) is 0 Å². The van der Waals surface area contributed by atoms with Crippen LogP contribution in [0.4, 0.5) is 10.5 Å². The number of carbonyl (C=O) groups is 2. The maximum Gasteiger partial charge on any atom is 0.294 e. The lowest BCUT2D eigenvalue weighted by Gasteiger charge is -2.37. The van der Waals surface area contributed by atoms with Crippen LogP contribution >= 0.6 is 23.4 Å². The fourth-order valence-electron chi connectivity index (χ4n) is 3.60. The Morgan fingerprint density at radius 3 is 2.41 bits per heavy atom.